The van der Waals surface area contributed by atoms with E-state index in [1.165, 1.54) is 7.11 Å². The van der Waals surface area contributed by atoms with Gasteiger partial charge in [0.2, 0.25) is 0 Å². The van der Waals surface area contributed by atoms with Crippen molar-refractivity contribution in [2.45, 2.75) is 0 Å². The zero-order chi connectivity index (χ0) is 11.1. The van der Waals surface area contributed by atoms with Crippen molar-refractivity contribution in [2.24, 2.45) is 5.11 Å². The molecule has 5 nitrogen and oxygen atoms in total. The third-order valence-electron chi connectivity index (χ3n) is 1.54. The molecule has 0 unspecified atom stereocenters. The molecule has 0 aliphatic heterocycles. The molecule has 0 amide bonds. The number of ether oxygens (including phenoxy) is 1. The highest BCUT2D eigenvalue weighted by molar-refractivity contribution is 5.89. The van der Waals surface area contributed by atoms with Crippen LogP contribution in [0.25, 0.3) is 10.4 Å². The van der Waals surface area contributed by atoms with Gasteiger partial charge in [0.15, 0.2) is 0 Å². The molecule has 0 heterocycles. The van der Waals surface area contributed by atoms with Crippen molar-refractivity contribution in [3.8, 4) is 11.8 Å². The maximum atomic E-state index is 10.8. The van der Waals surface area contributed by atoms with Crippen LogP contribution in [-0.4, -0.2) is 13.1 Å². The Bertz CT molecular complexity index is 479. The Morgan fingerprint density at radius 2 is 2.27 bits per heavy atom. The number of hydrogen-bond donors (Lipinski definition) is 0. The van der Waals surface area contributed by atoms with Gasteiger partial charge < -0.3 is 4.74 Å². The molecule has 0 bridgehead atoms. The number of carbonyl (C=O) groups is 1. The highest BCUT2D eigenvalue weighted by Crippen LogP contribution is 2.17. The van der Waals surface area contributed by atoms with E-state index in [1.807, 2.05) is 0 Å². The molecular weight excluding hydrogens is 194 g/mol. The first-order valence-electron chi connectivity index (χ1n) is 4.02. The average Bonchev–Trinajstić information content (AvgIpc) is 2.28. The smallest absolute Gasteiger partial charge is 0.384 e. The molecule has 0 saturated carbocycles. The van der Waals surface area contributed by atoms with Crippen LogP contribution < -0.4 is 0 Å². The molecule has 0 saturated heterocycles. The molecule has 0 aliphatic carbocycles. The molecule has 1 aromatic carbocycles. The van der Waals surface area contributed by atoms with E-state index in [0.717, 1.165) is 0 Å². The lowest BCUT2D eigenvalue weighted by atomic mass is 10.2. The first-order valence-corrected chi connectivity index (χ1v) is 4.02. The summed E-state index contributed by atoms with van der Waals surface area (Å²) < 4.78 is 4.36. The van der Waals surface area contributed by atoms with Crippen molar-refractivity contribution in [1.82, 2.24) is 0 Å². The molecule has 0 aromatic heterocycles. The number of esters is 1. The summed E-state index contributed by atoms with van der Waals surface area (Å²) in [6, 6.07) is 6.71. The van der Waals surface area contributed by atoms with Crippen LogP contribution in [0.1, 0.15) is 5.56 Å². The minimum absolute atomic E-state index is 0.386. The van der Waals surface area contributed by atoms with Gasteiger partial charge >= 0.3 is 5.97 Å². The molecule has 1 rings (SSSR count). The Morgan fingerprint density at radius 1 is 1.53 bits per heavy atom. The highest BCUT2D eigenvalue weighted by atomic mass is 16.5. The monoisotopic (exact) mass is 201 g/mol. The van der Waals surface area contributed by atoms with Gasteiger partial charge in [0.25, 0.3) is 0 Å². The predicted octanol–water partition coefficient (Wildman–Crippen LogP) is 2.15. The van der Waals surface area contributed by atoms with Crippen LogP contribution in [0.15, 0.2) is 29.4 Å². The third kappa shape index (κ3) is 3.07. The van der Waals surface area contributed by atoms with Gasteiger partial charge in [-0.1, -0.05) is 29.2 Å². The van der Waals surface area contributed by atoms with E-state index in [-0.39, 0.29) is 0 Å². The van der Waals surface area contributed by atoms with E-state index in [2.05, 4.69) is 26.6 Å². The predicted molar refractivity (Wildman–Crippen MR) is 54.1 cm³/mol. The number of rotatable bonds is 1. The van der Waals surface area contributed by atoms with Crippen LogP contribution in [-0.2, 0) is 9.53 Å². The Morgan fingerprint density at radius 3 is 2.93 bits per heavy atom. The lowest BCUT2D eigenvalue weighted by Crippen LogP contribution is -1.94. The second kappa shape index (κ2) is 5.32. The number of carbonyl (C=O) groups excluding carboxylic acids is 1. The van der Waals surface area contributed by atoms with Gasteiger partial charge in [-0.05, 0) is 11.6 Å². The Hall–Kier alpha value is -2.44. The molecule has 0 aliphatic rings. The summed E-state index contributed by atoms with van der Waals surface area (Å²) in [6.45, 7) is 0. The van der Waals surface area contributed by atoms with Gasteiger partial charge in [0.05, 0.1) is 12.8 Å². The fraction of sp³-hybridized carbons (Fsp3) is 0.100. The lowest BCUT2D eigenvalue weighted by Gasteiger charge is -1.94. The van der Waals surface area contributed by atoms with Crippen LogP contribution in [0.5, 0.6) is 0 Å². The summed E-state index contributed by atoms with van der Waals surface area (Å²) in [6.07, 6.45) is 0. The molecule has 0 N–H and O–H groups in total. The summed E-state index contributed by atoms with van der Waals surface area (Å²) in [5.74, 6) is 4.18. The zero-order valence-corrected chi connectivity index (χ0v) is 7.97. The molecule has 1 aromatic rings. The van der Waals surface area contributed by atoms with Gasteiger partial charge in [-0.15, -0.1) is 0 Å². The summed E-state index contributed by atoms with van der Waals surface area (Å²) in [4.78, 5) is 13.4. The van der Waals surface area contributed by atoms with Gasteiger partial charge in [0, 0.05) is 16.4 Å². The summed E-state index contributed by atoms with van der Waals surface area (Å²) in [7, 11) is 1.25. The van der Waals surface area contributed by atoms with E-state index >= 15 is 0 Å². The number of nitrogens with zero attached hydrogens (tertiary/aromatic N) is 3. The normalized spacial score (nSPS) is 8.07. The quantitative estimate of drug-likeness (QED) is 0.229. The minimum Gasteiger partial charge on any atom is -0.459 e. The lowest BCUT2D eigenvalue weighted by molar-refractivity contribution is -0.133. The maximum absolute atomic E-state index is 10.8. The fourth-order valence-electron chi connectivity index (χ4n) is 0.884. The van der Waals surface area contributed by atoms with E-state index in [1.54, 1.807) is 24.3 Å². The second-order valence-corrected chi connectivity index (χ2v) is 2.45. The fourth-order valence-corrected chi connectivity index (χ4v) is 0.884. The number of azide groups is 1. The number of methoxy groups -OCH3 is 1. The minimum atomic E-state index is -0.634. The molecule has 0 fully saturated rings. The molecule has 5 heteroatoms. The zero-order valence-electron chi connectivity index (χ0n) is 7.97. The summed E-state index contributed by atoms with van der Waals surface area (Å²) in [5, 5.41) is 3.44. The second-order valence-electron chi connectivity index (χ2n) is 2.45. The van der Waals surface area contributed by atoms with Crippen molar-refractivity contribution in [3.63, 3.8) is 0 Å². The van der Waals surface area contributed by atoms with E-state index < -0.39 is 5.97 Å². The van der Waals surface area contributed by atoms with Gasteiger partial charge in [-0.3, -0.25) is 0 Å². The molecule has 0 spiro atoms. The molecule has 74 valence electrons. The largest absolute Gasteiger partial charge is 0.459 e. The van der Waals surface area contributed by atoms with E-state index in [9.17, 15) is 4.79 Å². The van der Waals surface area contributed by atoms with Crippen molar-refractivity contribution in [3.05, 3.63) is 40.3 Å². The van der Waals surface area contributed by atoms with Crippen molar-refractivity contribution in [1.29, 1.82) is 0 Å². The van der Waals surface area contributed by atoms with Crippen molar-refractivity contribution in [2.75, 3.05) is 7.11 Å². The van der Waals surface area contributed by atoms with Gasteiger partial charge in [-0.2, -0.15) is 0 Å². The molecule has 15 heavy (non-hydrogen) atoms. The Kier molecular flexibility index (Phi) is 3.78. The van der Waals surface area contributed by atoms with Crippen molar-refractivity contribution >= 4 is 11.7 Å². The van der Waals surface area contributed by atoms with Gasteiger partial charge in [0.1, 0.15) is 0 Å². The third-order valence-corrected chi connectivity index (χ3v) is 1.54. The van der Waals surface area contributed by atoms with Crippen LogP contribution in [0, 0.1) is 11.8 Å². The Labute approximate surface area is 86.3 Å². The van der Waals surface area contributed by atoms with Crippen LogP contribution >= 0.6 is 0 Å². The maximum Gasteiger partial charge on any atom is 0.384 e. The topological polar surface area (TPSA) is 75.1 Å². The first kappa shape index (κ1) is 10.6. The standard InChI is InChI=1S/C10H7N3O2/c1-15-10(14)7-6-8-4-2-3-5-9(8)12-13-11/h2-5H,1H3. The number of benzene rings is 1. The van der Waals surface area contributed by atoms with E-state index in [4.69, 9.17) is 5.53 Å². The SMILES string of the molecule is COC(=O)C#Cc1ccccc1N=[N+]=[N-]. The van der Waals surface area contributed by atoms with Crippen LogP contribution in [0.4, 0.5) is 5.69 Å². The van der Waals surface area contributed by atoms with Crippen molar-refractivity contribution < 1.29 is 9.53 Å². The molecule has 0 atom stereocenters. The highest BCUT2D eigenvalue weighted by Gasteiger charge is 1.96. The summed E-state index contributed by atoms with van der Waals surface area (Å²) >= 11 is 0. The number of hydrogen-bond acceptors (Lipinski definition) is 3. The molecular formula is C10H7N3O2. The average molecular weight is 201 g/mol. The van der Waals surface area contributed by atoms with Gasteiger partial charge in [-0.25, -0.2) is 4.79 Å². The van der Waals surface area contributed by atoms with E-state index in [0.29, 0.717) is 11.3 Å². The van der Waals surface area contributed by atoms with Crippen LogP contribution in [0.3, 0.4) is 0 Å². The summed E-state index contributed by atoms with van der Waals surface area (Å²) in [5.41, 5.74) is 9.16. The first-order chi connectivity index (χ1) is 7.27. The Balaban J connectivity index is 3.07. The van der Waals surface area contributed by atoms with Crippen LogP contribution in [0.2, 0.25) is 0 Å². The molecule has 0 radical (unpaired) electrons.